The van der Waals surface area contributed by atoms with Crippen LogP contribution < -0.4 is 48.0 Å². The summed E-state index contributed by atoms with van der Waals surface area (Å²) >= 11 is 2.33. The van der Waals surface area contributed by atoms with Crippen LogP contribution in [0.2, 0.25) is 0 Å². The van der Waals surface area contributed by atoms with Gasteiger partial charge in [0.2, 0.25) is 0 Å². The Kier molecular flexibility index (Phi) is 5.91. The zero-order valence-electron chi connectivity index (χ0n) is 11.3. The fraction of sp³-hybridized carbons (Fsp3) is 0.111. The molecule has 4 rings (SSSR count). The summed E-state index contributed by atoms with van der Waals surface area (Å²) in [5.74, 6) is 0. The van der Waals surface area contributed by atoms with E-state index in [4.69, 9.17) is 0 Å². The van der Waals surface area contributed by atoms with Gasteiger partial charge in [-0.3, -0.25) is 0 Å². The Morgan fingerprint density at radius 1 is 0.857 bits per heavy atom. The molecule has 0 spiro atoms. The maximum atomic E-state index is 2.33. The van der Waals surface area contributed by atoms with E-state index in [9.17, 15) is 0 Å². The average molecular weight is 531 g/mol. The van der Waals surface area contributed by atoms with E-state index < -0.39 is 0 Å². The summed E-state index contributed by atoms with van der Waals surface area (Å²) in [6, 6.07) is 15.6. The molecule has 1 atom stereocenters. The Labute approximate surface area is 171 Å². The number of allylic oxidation sites excluding steroid dienone is 4. The van der Waals surface area contributed by atoms with Crippen LogP contribution in [0.25, 0.3) is 16.7 Å². The quantitative estimate of drug-likeness (QED) is 0.316. The number of halogens is 2. The first-order valence-electron chi connectivity index (χ1n) is 6.65. The zero-order valence-corrected chi connectivity index (χ0v) is 17.2. The Bertz CT molecular complexity index is 732. The summed E-state index contributed by atoms with van der Waals surface area (Å²) < 4.78 is 0.504. The van der Waals surface area contributed by atoms with Crippen molar-refractivity contribution in [1.29, 1.82) is 0 Å². The van der Waals surface area contributed by atoms with E-state index in [1.807, 2.05) is 0 Å². The molecule has 2 aliphatic rings. The third kappa shape index (κ3) is 2.84. The topological polar surface area (TPSA) is 0 Å². The molecule has 0 aromatic heterocycles. The van der Waals surface area contributed by atoms with Crippen LogP contribution in [0.1, 0.15) is 27.3 Å². The third-order valence-electron chi connectivity index (χ3n) is 4.07. The molecule has 2 aromatic rings. The van der Waals surface area contributed by atoms with Crippen LogP contribution in [0.3, 0.4) is 0 Å². The van der Waals surface area contributed by atoms with Gasteiger partial charge in [-0.2, -0.15) is 0 Å². The number of rotatable bonds is 1. The van der Waals surface area contributed by atoms with Crippen molar-refractivity contribution in [3.05, 3.63) is 77.4 Å². The number of fused-ring (bicyclic) bond motifs is 3. The van der Waals surface area contributed by atoms with Crippen molar-refractivity contribution in [2.75, 3.05) is 0 Å². The summed E-state index contributed by atoms with van der Waals surface area (Å²) in [4.78, 5) is 0. The molecule has 103 valence electrons. The summed E-state index contributed by atoms with van der Waals surface area (Å²) in [5.41, 5.74) is 8.71. The van der Waals surface area contributed by atoms with Crippen molar-refractivity contribution in [3.63, 3.8) is 0 Å². The van der Waals surface area contributed by atoms with Gasteiger partial charge < -0.3 is 48.0 Å². The molecular formula is C18H13I2Ti. The minimum absolute atomic E-state index is 0. The van der Waals surface area contributed by atoms with Crippen molar-refractivity contribution in [3.8, 4) is 11.1 Å². The molecule has 1 unspecified atom stereocenters. The summed E-state index contributed by atoms with van der Waals surface area (Å²) in [5, 5.41) is 0. The molecular weight excluding hydrogens is 518 g/mol. The van der Waals surface area contributed by atoms with Crippen LogP contribution >= 0.6 is 0 Å². The van der Waals surface area contributed by atoms with Crippen LogP contribution in [0.4, 0.5) is 0 Å². The first-order chi connectivity index (χ1) is 9.36. The van der Waals surface area contributed by atoms with Gasteiger partial charge in [-0.1, -0.05) is 0 Å². The van der Waals surface area contributed by atoms with Gasteiger partial charge in [0.15, 0.2) is 0 Å². The Morgan fingerprint density at radius 2 is 1.57 bits per heavy atom. The van der Waals surface area contributed by atoms with Crippen molar-refractivity contribution < 1.29 is 68.4 Å². The van der Waals surface area contributed by atoms with E-state index in [1.165, 1.54) is 33.4 Å². The first kappa shape index (κ1) is 17.4. The van der Waals surface area contributed by atoms with E-state index in [0.717, 1.165) is 6.42 Å². The molecule has 0 saturated heterocycles. The maximum absolute atomic E-state index is 2.33. The van der Waals surface area contributed by atoms with Crippen LogP contribution in [0, 0.1) is 0 Å². The van der Waals surface area contributed by atoms with Crippen molar-refractivity contribution in [2.24, 2.45) is 0 Å². The predicted octanol–water partition coefficient (Wildman–Crippen LogP) is -1.35. The van der Waals surface area contributed by atoms with Crippen molar-refractivity contribution in [1.82, 2.24) is 0 Å². The average Bonchev–Trinajstić information content (AvgIpc) is 3.08. The minimum atomic E-state index is 0. The molecule has 0 N–H and O–H groups in total. The van der Waals surface area contributed by atoms with Gasteiger partial charge in [0.1, 0.15) is 0 Å². The molecule has 0 aliphatic heterocycles. The normalized spacial score (nSPS) is 17.4. The molecule has 0 amide bonds. The molecule has 0 fully saturated rings. The predicted molar refractivity (Wildman–Crippen MR) is 75.5 cm³/mol. The second-order valence-electron chi connectivity index (χ2n) is 5.11. The van der Waals surface area contributed by atoms with Gasteiger partial charge in [-0.25, -0.2) is 0 Å². The Morgan fingerprint density at radius 3 is 2.33 bits per heavy atom. The van der Waals surface area contributed by atoms with Crippen LogP contribution in [-0.2, 0) is 20.4 Å². The molecule has 2 aromatic carbocycles. The molecule has 0 nitrogen and oxygen atoms in total. The van der Waals surface area contributed by atoms with E-state index >= 15 is 0 Å². The van der Waals surface area contributed by atoms with E-state index in [2.05, 4.69) is 81.1 Å². The van der Waals surface area contributed by atoms with Gasteiger partial charge in [-0.05, 0) is 0 Å². The summed E-state index contributed by atoms with van der Waals surface area (Å²) in [6.07, 6.45) is 7.73. The van der Waals surface area contributed by atoms with E-state index in [0.29, 0.717) is 4.22 Å². The summed E-state index contributed by atoms with van der Waals surface area (Å²) in [7, 11) is 0. The van der Waals surface area contributed by atoms with Crippen LogP contribution in [0.5, 0.6) is 0 Å². The molecule has 3 heteroatoms. The second kappa shape index (κ2) is 7.11. The molecule has 0 radical (unpaired) electrons. The second-order valence-corrected chi connectivity index (χ2v) is 6.01. The Balaban J connectivity index is 0.000000807. The Hall–Kier alpha value is 0.0943. The zero-order chi connectivity index (χ0) is 12.8. The fourth-order valence-electron chi connectivity index (χ4n) is 3.19. The molecule has 0 bridgehead atoms. The van der Waals surface area contributed by atoms with Gasteiger partial charge in [0.05, 0.1) is 0 Å². The SMILES string of the molecule is [I-].[I-].[Ti+2][CH]1c2ccccc2-c2cccc(C3=CC=CC3)c21. The standard InChI is InChI=1S/C18H13.2HI.Ti/c1-2-7-13(6-1)15-10-5-11-17-16-9-4-3-8-14(16)12-18(15)17;;;/h1-6,8-12H,7H2;2*1H;/q;;;+2/p-2. The number of hydrogen-bond donors (Lipinski definition) is 0. The molecule has 0 heterocycles. The van der Waals surface area contributed by atoms with E-state index in [-0.39, 0.29) is 48.0 Å². The third-order valence-corrected chi connectivity index (χ3v) is 5.01. The molecule has 21 heavy (non-hydrogen) atoms. The van der Waals surface area contributed by atoms with Crippen molar-refractivity contribution >= 4 is 5.57 Å². The van der Waals surface area contributed by atoms with Crippen molar-refractivity contribution in [2.45, 2.75) is 10.6 Å². The monoisotopic (exact) mass is 531 g/mol. The van der Waals surface area contributed by atoms with E-state index in [1.54, 1.807) is 0 Å². The molecule has 0 saturated carbocycles. The summed E-state index contributed by atoms with van der Waals surface area (Å²) in [6.45, 7) is 0. The van der Waals surface area contributed by atoms with Gasteiger partial charge in [0, 0.05) is 0 Å². The number of hydrogen-bond acceptors (Lipinski definition) is 0. The van der Waals surface area contributed by atoms with Gasteiger partial charge >= 0.3 is 125 Å². The fourth-order valence-corrected chi connectivity index (χ4v) is 4.07. The van der Waals surface area contributed by atoms with Gasteiger partial charge in [-0.15, -0.1) is 0 Å². The first-order valence-corrected chi connectivity index (χ1v) is 7.56. The number of benzene rings is 2. The van der Waals surface area contributed by atoms with Crippen LogP contribution in [0.15, 0.2) is 60.7 Å². The van der Waals surface area contributed by atoms with Crippen LogP contribution in [-0.4, -0.2) is 0 Å². The van der Waals surface area contributed by atoms with Gasteiger partial charge in [0.25, 0.3) is 0 Å². The molecule has 2 aliphatic carbocycles.